The molecule has 102 valence electrons. The minimum absolute atomic E-state index is 0.0550. The fourth-order valence-electron chi connectivity index (χ4n) is 1.97. The Kier molecular flexibility index (Phi) is 5.37. The largest absolute Gasteiger partial charge is 0.393 e. The number of piperidine rings is 1. The Hall–Kier alpha value is -0.170. The van der Waals surface area contributed by atoms with Crippen LogP contribution in [0, 0.1) is 11.8 Å². The number of aliphatic hydroxyl groups excluding tert-OH is 1. The zero-order valence-electron chi connectivity index (χ0n) is 10.9. The fourth-order valence-corrected chi connectivity index (χ4v) is 3.43. The molecule has 0 aromatic rings. The molecule has 2 atom stereocenters. The third kappa shape index (κ3) is 4.21. The molecule has 1 aliphatic heterocycles. The summed E-state index contributed by atoms with van der Waals surface area (Å²) >= 11 is 0. The zero-order valence-corrected chi connectivity index (χ0v) is 11.7. The van der Waals surface area contributed by atoms with Crippen LogP contribution in [0.25, 0.3) is 0 Å². The summed E-state index contributed by atoms with van der Waals surface area (Å²) in [6, 6.07) is 0. The van der Waals surface area contributed by atoms with Gasteiger partial charge in [0, 0.05) is 19.6 Å². The van der Waals surface area contributed by atoms with E-state index in [0.717, 1.165) is 6.42 Å². The Morgan fingerprint density at radius 1 is 1.47 bits per heavy atom. The molecule has 17 heavy (non-hydrogen) atoms. The normalized spacial score (nSPS) is 27.6. The van der Waals surface area contributed by atoms with Gasteiger partial charge in [0.15, 0.2) is 0 Å². The third-order valence-corrected chi connectivity index (χ3v) is 4.74. The van der Waals surface area contributed by atoms with Crippen LogP contribution in [0.15, 0.2) is 0 Å². The molecule has 0 radical (unpaired) electrons. The highest BCUT2D eigenvalue weighted by atomic mass is 32.2. The molecular formula is C11H24N2O3S. The first kappa shape index (κ1) is 14.9. The maximum absolute atomic E-state index is 12.0. The smallest absolute Gasteiger partial charge is 0.279 e. The number of rotatable bonds is 5. The van der Waals surface area contributed by atoms with Gasteiger partial charge in [0.05, 0.1) is 6.10 Å². The Bertz CT molecular complexity index is 330. The highest BCUT2D eigenvalue weighted by Crippen LogP contribution is 2.21. The number of nitrogens with zero attached hydrogens (tertiary/aromatic N) is 1. The van der Waals surface area contributed by atoms with Gasteiger partial charge in [-0.1, -0.05) is 20.8 Å². The van der Waals surface area contributed by atoms with Gasteiger partial charge in [0.2, 0.25) is 0 Å². The molecule has 2 unspecified atom stereocenters. The van der Waals surface area contributed by atoms with Crippen LogP contribution in [-0.4, -0.2) is 43.6 Å². The molecule has 0 bridgehead atoms. The van der Waals surface area contributed by atoms with Crippen LogP contribution in [-0.2, 0) is 10.2 Å². The molecule has 1 fully saturated rings. The average Bonchev–Trinajstić information content (AvgIpc) is 2.27. The maximum Gasteiger partial charge on any atom is 0.279 e. The second-order valence-electron chi connectivity index (χ2n) is 5.13. The summed E-state index contributed by atoms with van der Waals surface area (Å²) in [5.41, 5.74) is 0. The molecule has 0 saturated carbocycles. The molecule has 0 aliphatic carbocycles. The van der Waals surface area contributed by atoms with Gasteiger partial charge < -0.3 is 5.11 Å². The first-order valence-corrected chi connectivity index (χ1v) is 7.73. The summed E-state index contributed by atoms with van der Waals surface area (Å²) in [5, 5.41) is 9.73. The Morgan fingerprint density at radius 3 is 2.65 bits per heavy atom. The van der Waals surface area contributed by atoms with Crippen molar-refractivity contribution in [3.8, 4) is 0 Å². The zero-order chi connectivity index (χ0) is 13.1. The molecule has 0 aromatic carbocycles. The Morgan fingerprint density at radius 2 is 2.12 bits per heavy atom. The lowest BCUT2D eigenvalue weighted by molar-refractivity contribution is 0.0517. The van der Waals surface area contributed by atoms with E-state index in [1.165, 1.54) is 4.31 Å². The molecule has 1 rings (SSSR count). The van der Waals surface area contributed by atoms with Gasteiger partial charge in [0.25, 0.3) is 10.2 Å². The third-order valence-electron chi connectivity index (χ3n) is 3.19. The average molecular weight is 264 g/mol. The van der Waals surface area contributed by atoms with Gasteiger partial charge in [0.1, 0.15) is 0 Å². The molecule has 2 N–H and O–H groups in total. The molecule has 0 amide bonds. The molecule has 6 heteroatoms. The van der Waals surface area contributed by atoms with Crippen molar-refractivity contribution in [2.45, 2.75) is 39.7 Å². The quantitative estimate of drug-likeness (QED) is 0.763. The summed E-state index contributed by atoms with van der Waals surface area (Å²) in [7, 11) is -3.37. The highest BCUT2D eigenvalue weighted by Gasteiger charge is 2.32. The first-order chi connectivity index (χ1) is 7.86. The van der Waals surface area contributed by atoms with Crippen molar-refractivity contribution >= 4 is 10.2 Å². The van der Waals surface area contributed by atoms with E-state index >= 15 is 0 Å². The number of hydrogen-bond donors (Lipinski definition) is 2. The van der Waals surface area contributed by atoms with Gasteiger partial charge in [-0.05, 0) is 24.7 Å². The van der Waals surface area contributed by atoms with Gasteiger partial charge >= 0.3 is 0 Å². The molecule has 0 spiro atoms. The van der Waals surface area contributed by atoms with Gasteiger partial charge in [-0.15, -0.1) is 0 Å². The van der Waals surface area contributed by atoms with E-state index in [9.17, 15) is 13.5 Å². The number of aliphatic hydroxyl groups is 1. The van der Waals surface area contributed by atoms with Crippen LogP contribution >= 0.6 is 0 Å². The highest BCUT2D eigenvalue weighted by molar-refractivity contribution is 7.87. The van der Waals surface area contributed by atoms with Gasteiger partial charge in [-0.2, -0.15) is 12.7 Å². The lowest BCUT2D eigenvalue weighted by atomic mass is 9.94. The van der Waals surface area contributed by atoms with E-state index < -0.39 is 10.2 Å². The van der Waals surface area contributed by atoms with Crippen molar-refractivity contribution < 1.29 is 13.5 Å². The molecule has 1 aliphatic rings. The van der Waals surface area contributed by atoms with Crippen molar-refractivity contribution in [1.29, 1.82) is 0 Å². The van der Waals surface area contributed by atoms with Crippen LogP contribution in [0.1, 0.15) is 33.6 Å². The molecular weight excluding hydrogens is 240 g/mol. The van der Waals surface area contributed by atoms with Gasteiger partial charge in [-0.3, -0.25) is 0 Å². The number of nitrogens with one attached hydrogen (secondary N) is 1. The van der Waals surface area contributed by atoms with Crippen LogP contribution in [0.3, 0.4) is 0 Å². The predicted molar refractivity (Wildman–Crippen MR) is 67.7 cm³/mol. The fraction of sp³-hybridized carbons (Fsp3) is 1.00. The van der Waals surface area contributed by atoms with Crippen LogP contribution in [0.2, 0.25) is 0 Å². The minimum Gasteiger partial charge on any atom is -0.393 e. The van der Waals surface area contributed by atoms with Crippen molar-refractivity contribution in [2.75, 3.05) is 19.6 Å². The second kappa shape index (κ2) is 6.13. The van der Waals surface area contributed by atoms with Crippen LogP contribution in [0.4, 0.5) is 0 Å². The lowest BCUT2D eigenvalue weighted by Gasteiger charge is -2.34. The van der Waals surface area contributed by atoms with Gasteiger partial charge in [-0.25, -0.2) is 4.72 Å². The van der Waals surface area contributed by atoms with E-state index in [4.69, 9.17) is 0 Å². The van der Waals surface area contributed by atoms with Crippen LogP contribution in [0.5, 0.6) is 0 Å². The maximum atomic E-state index is 12.0. The topological polar surface area (TPSA) is 69.6 Å². The monoisotopic (exact) mass is 264 g/mol. The predicted octanol–water partition coefficient (Wildman–Crippen LogP) is 0.570. The molecule has 1 saturated heterocycles. The summed E-state index contributed by atoms with van der Waals surface area (Å²) in [6.45, 7) is 7.20. The Labute approximate surface area is 104 Å². The summed E-state index contributed by atoms with van der Waals surface area (Å²) in [6.07, 6.45) is 0.968. The van der Waals surface area contributed by atoms with Crippen molar-refractivity contribution in [1.82, 2.24) is 9.03 Å². The molecule has 1 heterocycles. The Balaban J connectivity index is 2.60. The van der Waals surface area contributed by atoms with E-state index in [1.54, 1.807) is 0 Å². The van der Waals surface area contributed by atoms with Crippen LogP contribution < -0.4 is 4.72 Å². The second-order valence-corrected chi connectivity index (χ2v) is 6.88. The summed E-state index contributed by atoms with van der Waals surface area (Å²) in [5.74, 6) is 0.349. The standard InChI is InChI=1S/C11H24N2O3S/c1-4-10-8-13(6-5-11(10)14)17(15,16)12-7-9(2)3/h9-12,14H,4-8H2,1-3H3. The first-order valence-electron chi connectivity index (χ1n) is 6.29. The van der Waals surface area contributed by atoms with Crippen molar-refractivity contribution in [2.24, 2.45) is 11.8 Å². The van der Waals surface area contributed by atoms with Crippen molar-refractivity contribution in [3.63, 3.8) is 0 Å². The van der Waals surface area contributed by atoms with Crippen molar-refractivity contribution in [3.05, 3.63) is 0 Å². The minimum atomic E-state index is -3.37. The number of hydrogen-bond acceptors (Lipinski definition) is 3. The lowest BCUT2D eigenvalue weighted by Crippen LogP contribution is -2.50. The molecule has 5 nitrogen and oxygen atoms in total. The molecule has 0 aromatic heterocycles. The van der Waals surface area contributed by atoms with E-state index in [1.807, 2.05) is 20.8 Å². The summed E-state index contributed by atoms with van der Waals surface area (Å²) < 4.78 is 28.0. The van der Waals surface area contributed by atoms with E-state index in [0.29, 0.717) is 32.0 Å². The summed E-state index contributed by atoms with van der Waals surface area (Å²) in [4.78, 5) is 0. The van der Waals surface area contributed by atoms with E-state index in [-0.39, 0.29) is 12.0 Å². The van der Waals surface area contributed by atoms with E-state index in [2.05, 4.69) is 4.72 Å². The SMILES string of the molecule is CCC1CN(S(=O)(=O)NCC(C)C)CCC1O.